The normalized spacial score (nSPS) is 9.65. The Hall–Kier alpha value is -2.42. The molecule has 0 aliphatic carbocycles. The molecule has 124 valence electrons. The second-order valence-electron chi connectivity index (χ2n) is 4.38. The van der Waals surface area contributed by atoms with E-state index in [2.05, 4.69) is 36.8 Å². The number of esters is 1. The molecule has 3 N–H and O–H groups in total. The zero-order valence-corrected chi connectivity index (χ0v) is 13.9. The Morgan fingerprint density at radius 2 is 1.83 bits per heavy atom. The van der Waals surface area contributed by atoms with E-state index in [4.69, 9.17) is 0 Å². The van der Waals surface area contributed by atoms with Gasteiger partial charge >= 0.3 is 5.97 Å². The summed E-state index contributed by atoms with van der Waals surface area (Å²) in [7, 11) is 0. The summed E-state index contributed by atoms with van der Waals surface area (Å²) >= 11 is 3.22. The molecule has 0 bridgehead atoms. The molecule has 0 aromatic heterocycles. The molecule has 0 saturated heterocycles. The minimum Gasteiger partial charge on any atom is -0.455 e. The van der Waals surface area contributed by atoms with Gasteiger partial charge in [0, 0.05) is 17.9 Å². The molecule has 23 heavy (non-hydrogen) atoms. The third-order valence-electron chi connectivity index (χ3n) is 2.50. The van der Waals surface area contributed by atoms with E-state index in [9.17, 15) is 19.2 Å². The van der Waals surface area contributed by atoms with Crippen LogP contribution in [0.15, 0.2) is 28.7 Å². The van der Waals surface area contributed by atoms with Crippen LogP contribution >= 0.6 is 15.9 Å². The van der Waals surface area contributed by atoms with Crippen LogP contribution in [-0.4, -0.2) is 36.8 Å². The van der Waals surface area contributed by atoms with E-state index < -0.39 is 24.4 Å². The molecule has 9 heteroatoms. The van der Waals surface area contributed by atoms with Gasteiger partial charge in [-0.15, -0.1) is 0 Å². The number of halogens is 1. The fourth-order valence-corrected chi connectivity index (χ4v) is 1.90. The van der Waals surface area contributed by atoms with Crippen molar-refractivity contribution >= 4 is 39.6 Å². The van der Waals surface area contributed by atoms with Gasteiger partial charge in [-0.2, -0.15) is 0 Å². The molecule has 0 fully saturated rings. The van der Waals surface area contributed by atoms with Crippen LogP contribution in [0.5, 0.6) is 0 Å². The highest BCUT2D eigenvalue weighted by atomic mass is 79.9. The molecule has 0 atom stereocenters. The number of hydrogen-bond donors (Lipinski definition) is 3. The maximum absolute atomic E-state index is 11.8. The van der Waals surface area contributed by atoms with Gasteiger partial charge in [-0.3, -0.25) is 30.0 Å². The highest BCUT2D eigenvalue weighted by molar-refractivity contribution is 9.10. The Labute approximate surface area is 141 Å². The zero-order chi connectivity index (χ0) is 17.2. The lowest BCUT2D eigenvalue weighted by atomic mass is 10.2. The molecule has 1 rings (SSSR count). The number of amides is 3. The molecule has 3 amide bonds. The standard InChI is InChI=1S/C14H16BrN3O5/c1-9(19)16-7-6-13(21)23-8-12(20)17-18-14(22)10-4-2-3-5-11(10)15/h2-5H,6-8H2,1H3,(H,16,19)(H,17,20)(H,18,22). The number of rotatable bonds is 6. The van der Waals surface area contributed by atoms with Gasteiger partial charge in [0.1, 0.15) is 0 Å². The minimum atomic E-state index is -0.682. The summed E-state index contributed by atoms with van der Waals surface area (Å²) in [5, 5.41) is 2.43. The Kier molecular flexibility index (Phi) is 7.75. The van der Waals surface area contributed by atoms with Crippen LogP contribution in [0.1, 0.15) is 23.7 Å². The molecule has 1 aromatic rings. The SMILES string of the molecule is CC(=O)NCCC(=O)OCC(=O)NNC(=O)c1ccccc1Br. The van der Waals surface area contributed by atoms with Crippen molar-refractivity contribution in [2.75, 3.05) is 13.2 Å². The summed E-state index contributed by atoms with van der Waals surface area (Å²) in [6, 6.07) is 6.69. The Morgan fingerprint density at radius 1 is 1.13 bits per heavy atom. The number of ether oxygens (including phenoxy) is 1. The first-order valence-electron chi connectivity index (χ1n) is 6.64. The molecular formula is C14H16BrN3O5. The Bertz CT molecular complexity index is 606. The van der Waals surface area contributed by atoms with Crippen molar-refractivity contribution in [2.45, 2.75) is 13.3 Å². The van der Waals surface area contributed by atoms with Crippen LogP contribution in [0.3, 0.4) is 0 Å². The van der Waals surface area contributed by atoms with Crippen molar-refractivity contribution < 1.29 is 23.9 Å². The first-order valence-corrected chi connectivity index (χ1v) is 7.43. The average molecular weight is 386 g/mol. The van der Waals surface area contributed by atoms with Crippen molar-refractivity contribution in [3.05, 3.63) is 34.3 Å². The van der Waals surface area contributed by atoms with E-state index in [1.807, 2.05) is 0 Å². The van der Waals surface area contributed by atoms with Gasteiger partial charge in [-0.05, 0) is 28.1 Å². The fraction of sp³-hybridized carbons (Fsp3) is 0.286. The van der Waals surface area contributed by atoms with Gasteiger partial charge in [0.05, 0.1) is 12.0 Å². The Balaban J connectivity index is 2.27. The van der Waals surface area contributed by atoms with Gasteiger partial charge in [-0.25, -0.2) is 0 Å². The van der Waals surface area contributed by atoms with Crippen LogP contribution in [0, 0.1) is 0 Å². The maximum atomic E-state index is 11.8. The van der Waals surface area contributed by atoms with Crippen LogP contribution in [0.25, 0.3) is 0 Å². The van der Waals surface area contributed by atoms with Gasteiger partial charge in [-0.1, -0.05) is 12.1 Å². The third kappa shape index (κ3) is 7.41. The summed E-state index contributed by atoms with van der Waals surface area (Å²) in [4.78, 5) is 45.2. The number of benzene rings is 1. The number of carbonyl (C=O) groups is 4. The summed E-state index contributed by atoms with van der Waals surface area (Å²) in [6.45, 7) is 0.927. The predicted molar refractivity (Wildman–Crippen MR) is 84.0 cm³/mol. The lowest BCUT2D eigenvalue weighted by molar-refractivity contribution is -0.148. The van der Waals surface area contributed by atoms with Gasteiger partial charge in [0.15, 0.2) is 6.61 Å². The van der Waals surface area contributed by atoms with Crippen LogP contribution in [0.4, 0.5) is 0 Å². The molecule has 0 heterocycles. The van der Waals surface area contributed by atoms with Crippen molar-refractivity contribution in [3.8, 4) is 0 Å². The molecule has 1 aromatic carbocycles. The van der Waals surface area contributed by atoms with E-state index in [0.29, 0.717) is 10.0 Å². The lowest BCUT2D eigenvalue weighted by Gasteiger charge is -2.09. The number of hydrogen-bond acceptors (Lipinski definition) is 5. The van der Waals surface area contributed by atoms with E-state index in [-0.39, 0.29) is 18.9 Å². The van der Waals surface area contributed by atoms with E-state index >= 15 is 0 Å². The molecule has 8 nitrogen and oxygen atoms in total. The first kappa shape index (κ1) is 18.6. The van der Waals surface area contributed by atoms with Crippen molar-refractivity contribution in [1.29, 1.82) is 0 Å². The zero-order valence-electron chi connectivity index (χ0n) is 12.3. The van der Waals surface area contributed by atoms with E-state index in [1.165, 1.54) is 6.92 Å². The number of nitrogens with one attached hydrogen (secondary N) is 3. The van der Waals surface area contributed by atoms with Crippen molar-refractivity contribution in [2.24, 2.45) is 0 Å². The van der Waals surface area contributed by atoms with Crippen molar-refractivity contribution in [3.63, 3.8) is 0 Å². The fourth-order valence-electron chi connectivity index (χ4n) is 1.43. The van der Waals surface area contributed by atoms with Gasteiger partial charge in [0.25, 0.3) is 11.8 Å². The first-order chi connectivity index (χ1) is 10.9. The summed E-state index contributed by atoms with van der Waals surface area (Å²) < 4.78 is 5.26. The smallest absolute Gasteiger partial charge is 0.308 e. The maximum Gasteiger partial charge on any atom is 0.308 e. The molecule has 0 aliphatic rings. The molecule has 0 aliphatic heterocycles. The monoisotopic (exact) mass is 385 g/mol. The van der Waals surface area contributed by atoms with Crippen molar-refractivity contribution in [1.82, 2.24) is 16.2 Å². The second-order valence-corrected chi connectivity index (χ2v) is 5.23. The topological polar surface area (TPSA) is 114 Å². The van der Waals surface area contributed by atoms with Gasteiger partial charge < -0.3 is 10.1 Å². The van der Waals surface area contributed by atoms with Crippen LogP contribution in [0.2, 0.25) is 0 Å². The molecule has 0 spiro atoms. The Morgan fingerprint density at radius 3 is 2.48 bits per heavy atom. The highest BCUT2D eigenvalue weighted by Crippen LogP contribution is 2.14. The average Bonchev–Trinajstić information content (AvgIpc) is 2.50. The van der Waals surface area contributed by atoms with Gasteiger partial charge in [0.2, 0.25) is 5.91 Å². The quantitative estimate of drug-likeness (QED) is 0.480. The predicted octanol–water partition coefficient (Wildman–Crippen LogP) is 0.279. The lowest BCUT2D eigenvalue weighted by Crippen LogP contribution is -2.43. The van der Waals surface area contributed by atoms with E-state index in [0.717, 1.165) is 0 Å². The molecule has 0 radical (unpaired) electrons. The third-order valence-corrected chi connectivity index (χ3v) is 3.19. The second kappa shape index (κ2) is 9.57. The number of hydrazine groups is 1. The largest absolute Gasteiger partial charge is 0.455 e. The van der Waals surface area contributed by atoms with Crippen LogP contribution < -0.4 is 16.2 Å². The molecule has 0 unspecified atom stereocenters. The summed E-state index contributed by atoms with van der Waals surface area (Å²) in [6.07, 6.45) is -0.0455. The highest BCUT2D eigenvalue weighted by Gasteiger charge is 2.11. The van der Waals surface area contributed by atoms with E-state index in [1.54, 1.807) is 24.3 Å². The molecule has 0 saturated carbocycles. The minimum absolute atomic E-state index is 0.0455. The van der Waals surface area contributed by atoms with Crippen LogP contribution in [-0.2, 0) is 19.1 Å². The summed E-state index contributed by atoms with van der Waals surface area (Å²) in [5.41, 5.74) is 4.68. The number of carbonyl (C=O) groups excluding carboxylic acids is 4. The summed E-state index contributed by atoms with van der Waals surface area (Å²) in [5.74, 6) is -2.09. The molecular weight excluding hydrogens is 370 g/mol.